The molecule has 2 saturated heterocycles. The molecule has 2 aliphatic heterocycles. The minimum Gasteiger partial charge on any atom is -0.507 e. The lowest BCUT2D eigenvalue weighted by molar-refractivity contribution is -0.183. The zero-order valence-electron chi connectivity index (χ0n) is 31.0. The van der Waals surface area contributed by atoms with Gasteiger partial charge in [-0.1, -0.05) is 46.6 Å². The Morgan fingerprint density at radius 1 is 0.822 bits per heavy atom. The first kappa shape index (κ1) is 37.3. The highest BCUT2D eigenvalue weighted by Crippen LogP contribution is 2.43. The molecule has 0 saturated carbocycles. The lowest BCUT2D eigenvalue weighted by Gasteiger charge is -2.47. The van der Waals surface area contributed by atoms with Gasteiger partial charge in [-0.25, -0.2) is 0 Å². The van der Waals surface area contributed by atoms with E-state index >= 15 is 0 Å². The predicted octanol–water partition coefficient (Wildman–Crippen LogP) is 7.73. The summed E-state index contributed by atoms with van der Waals surface area (Å²) in [6.07, 6.45) is 3.84. The minimum atomic E-state index is -1.54. The van der Waals surface area contributed by atoms with Crippen molar-refractivity contribution < 1.29 is 24.2 Å². The summed E-state index contributed by atoms with van der Waals surface area (Å²) in [5.41, 5.74) is 0.588. The van der Waals surface area contributed by atoms with Gasteiger partial charge in [-0.05, 0) is 110 Å². The van der Waals surface area contributed by atoms with Crippen LogP contribution in [0.3, 0.4) is 0 Å². The number of benzene rings is 1. The van der Waals surface area contributed by atoms with Crippen molar-refractivity contribution in [2.24, 2.45) is 5.41 Å². The fraction of sp³-hybridized carbons (Fsp3) is 0.789. The van der Waals surface area contributed by atoms with Crippen molar-refractivity contribution >= 4 is 11.9 Å². The number of carbonyl (C=O) groups is 2. The highest BCUT2D eigenvalue weighted by molar-refractivity contribution is 6.00. The number of carbonyl (C=O) groups excluding carboxylic acids is 2. The zero-order valence-corrected chi connectivity index (χ0v) is 31.0. The summed E-state index contributed by atoms with van der Waals surface area (Å²) in [6, 6.07) is 2.01. The van der Waals surface area contributed by atoms with Crippen LogP contribution in [-0.4, -0.2) is 51.4 Å². The normalized spacial score (nSPS) is 21.7. The first-order valence-corrected chi connectivity index (χ1v) is 17.2. The van der Waals surface area contributed by atoms with E-state index in [9.17, 15) is 14.7 Å². The van der Waals surface area contributed by atoms with Crippen molar-refractivity contribution in [3.05, 3.63) is 28.3 Å². The number of hydrogen-bond donors (Lipinski definition) is 3. The number of unbranched alkanes of at least 4 members (excludes halogenated alkanes) is 1. The molecule has 1 aromatic rings. The predicted molar refractivity (Wildman–Crippen MR) is 183 cm³/mol. The Labute approximate surface area is 274 Å². The second kappa shape index (κ2) is 12.8. The van der Waals surface area contributed by atoms with Gasteiger partial charge in [-0.15, -0.1) is 0 Å². The third-order valence-corrected chi connectivity index (χ3v) is 9.78. The van der Waals surface area contributed by atoms with Crippen LogP contribution in [0.4, 0.5) is 0 Å². The van der Waals surface area contributed by atoms with Crippen LogP contribution in [0.2, 0.25) is 0 Å². The summed E-state index contributed by atoms with van der Waals surface area (Å²) in [5, 5.41) is 18.7. The van der Waals surface area contributed by atoms with Crippen LogP contribution >= 0.6 is 0 Å². The lowest BCUT2D eigenvalue weighted by atomic mass is 9.73. The molecule has 0 spiro atoms. The molecular weight excluding hydrogens is 564 g/mol. The first-order chi connectivity index (χ1) is 20.3. The van der Waals surface area contributed by atoms with Crippen molar-refractivity contribution in [2.45, 2.75) is 188 Å². The van der Waals surface area contributed by atoms with E-state index in [1.807, 2.05) is 19.9 Å². The largest absolute Gasteiger partial charge is 0.507 e. The molecule has 0 bridgehead atoms. The van der Waals surface area contributed by atoms with Crippen LogP contribution in [0.5, 0.6) is 5.75 Å². The molecule has 45 heavy (non-hydrogen) atoms. The number of hydrogen-bond acceptors (Lipinski definition) is 7. The van der Waals surface area contributed by atoms with E-state index in [4.69, 9.17) is 9.47 Å². The fourth-order valence-electron chi connectivity index (χ4n) is 8.31. The Balaban J connectivity index is 2.13. The summed E-state index contributed by atoms with van der Waals surface area (Å²) in [7, 11) is 0. The number of nitrogens with one attached hydrogen (secondary N) is 2. The maximum Gasteiger partial charge on any atom is 0.324 e. The molecule has 2 heterocycles. The highest BCUT2D eigenvalue weighted by Gasteiger charge is 2.52. The molecule has 0 radical (unpaired) electrons. The standard InChI is InChI=1S/C38H64N2O5/c1-15-16-17-38(31(42)44-26-19-34(7,8)39-35(9,10)20-26,32(43)45-27-21-36(11,12)40-37(13,14)22-27)23-28-24(2)18-29(33(4,5)6)30(41)25(28)3/h18,26-27,39-41H,15-17,19-23H2,1-14H3. The molecule has 7 heteroatoms. The molecule has 3 N–H and O–H groups in total. The SMILES string of the molecule is CCCCC(Cc1c(C)cc(C(C)(C)C)c(O)c1C)(C(=O)OC1CC(C)(C)NC(C)(C)C1)C(=O)OC1CC(C)(C)NC(C)(C)C1. The molecule has 0 unspecified atom stereocenters. The van der Waals surface area contributed by atoms with Gasteiger partial charge in [-0.2, -0.15) is 0 Å². The number of phenolic OH excluding ortho intramolecular Hbond substituents is 1. The Hall–Kier alpha value is -2.12. The van der Waals surface area contributed by atoms with E-state index in [1.165, 1.54) is 0 Å². The van der Waals surface area contributed by atoms with Gasteiger partial charge < -0.3 is 25.2 Å². The smallest absolute Gasteiger partial charge is 0.324 e. The number of esters is 2. The van der Waals surface area contributed by atoms with Gasteiger partial charge in [0.15, 0.2) is 5.41 Å². The van der Waals surface area contributed by atoms with Crippen molar-refractivity contribution in [3.8, 4) is 5.75 Å². The van der Waals surface area contributed by atoms with Crippen LogP contribution < -0.4 is 10.6 Å². The minimum absolute atomic E-state index is 0.121. The maximum absolute atomic E-state index is 14.7. The van der Waals surface area contributed by atoms with Gasteiger partial charge in [0.1, 0.15) is 18.0 Å². The van der Waals surface area contributed by atoms with Gasteiger partial charge in [0.2, 0.25) is 0 Å². The molecule has 0 aromatic heterocycles. The van der Waals surface area contributed by atoms with Crippen LogP contribution in [0.25, 0.3) is 0 Å². The van der Waals surface area contributed by atoms with E-state index < -0.39 is 17.4 Å². The molecule has 2 aliphatic rings. The molecule has 256 valence electrons. The third kappa shape index (κ3) is 9.03. The van der Waals surface area contributed by atoms with E-state index in [2.05, 4.69) is 93.7 Å². The number of phenols is 1. The number of piperidine rings is 2. The summed E-state index contributed by atoms with van der Waals surface area (Å²) in [4.78, 5) is 29.4. The quantitative estimate of drug-likeness (QED) is 0.190. The second-order valence-electron chi connectivity index (χ2n) is 18.0. The molecule has 1 aromatic carbocycles. The average molecular weight is 629 g/mol. The maximum atomic E-state index is 14.7. The number of ether oxygens (including phenoxy) is 2. The molecule has 0 atom stereocenters. The molecule has 0 aliphatic carbocycles. The van der Waals surface area contributed by atoms with Gasteiger partial charge in [0, 0.05) is 47.8 Å². The molecule has 7 nitrogen and oxygen atoms in total. The molecular formula is C38H64N2O5. The third-order valence-electron chi connectivity index (χ3n) is 9.78. The van der Waals surface area contributed by atoms with E-state index in [0.717, 1.165) is 23.1 Å². The number of rotatable bonds is 9. The van der Waals surface area contributed by atoms with Gasteiger partial charge in [0.25, 0.3) is 0 Å². The topological polar surface area (TPSA) is 96.9 Å². The molecule has 3 rings (SSSR count). The lowest BCUT2D eigenvalue weighted by Crippen LogP contribution is -2.61. The fourth-order valence-corrected chi connectivity index (χ4v) is 8.31. The zero-order chi connectivity index (χ0) is 34.4. The van der Waals surface area contributed by atoms with Crippen LogP contribution in [0.1, 0.15) is 150 Å². The highest BCUT2D eigenvalue weighted by atomic mass is 16.6. The van der Waals surface area contributed by atoms with Gasteiger partial charge >= 0.3 is 11.9 Å². The van der Waals surface area contributed by atoms with Crippen LogP contribution in [0, 0.1) is 19.3 Å². The molecule has 2 fully saturated rings. The number of aryl methyl sites for hydroxylation is 1. The first-order valence-electron chi connectivity index (χ1n) is 17.2. The number of aromatic hydroxyl groups is 1. The van der Waals surface area contributed by atoms with Gasteiger partial charge in [-0.3, -0.25) is 9.59 Å². The summed E-state index contributed by atoms with van der Waals surface area (Å²) >= 11 is 0. The summed E-state index contributed by atoms with van der Waals surface area (Å²) in [6.45, 7) is 29.2. The van der Waals surface area contributed by atoms with Crippen LogP contribution in [0.15, 0.2) is 6.07 Å². The Morgan fingerprint density at radius 3 is 1.58 bits per heavy atom. The Morgan fingerprint density at radius 2 is 1.22 bits per heavy atom. The van der Waals surface area contributed by atoms with Crippen molar-refractivity contribution in [1.82, 2.24) is 10.6 Å². The Kier molecular flexibility index (Phi) is 10.6. The average Bonchev–Trinajstić information content (AvgIpc) is 2.81. The van der Waals surface area contributed by atoms with E-state index in [-0.39, 0.29) is 51.9 Å². The Bertz CT molecular complexity index is 1170. The second-order valence-corrected chi connectivity index (χ2v) is 18.0. The van der Waals surface area contributed by atoms with Gasteiger partial charge in [0.05, 0.1) is 0 Å². The van der Waals surface area contributed by atoms with E-state index in [0.29, 0.717) is 44.1 Å². The van der Waals surface area contributed by atoms with Crippen molar-refractivity contribution in [2.75, 3.05) is 0 Å². The van der Waals surface area contributed by atoms with E-state index in [1.54, 1.807) is 0 Å². The van der Waals surface area contributed by atoms with Crippen molar-refractivity contribution in [3.63, 3.8) is 0 Å². The summed E-state index contributed by atoms with van der Waals surface area (Å²) in [5.74, 6) is -0.798. The van der Waals surface area contributed by atoms with Crippen molar-refractivity contribution in [1.29, 1.82) is 0 Å². The van der Waals surface area contributed by atoms with Crippen LogP contribution in [-0.2, 0) is 30.9 Å². The molecule has 0 amide bonds. The monoisotopic (exact) mass is 628 g/mol. The summed E-state index contributed by atoms with van der Waals surface area (Å²) < 4.78 is 12.8.